The van der Waals surface area contributed by atoms with E-state index in [0.29, 0.717) is 24.3 Å². The first-order chi connectivity index (χ1) is 15.8. The summed E-state index contributed by atoms with van der Waals surface area (Å²) in [7, 11) is 1.59. The van der Waals surface area contributed by atoms with E-state index in [2.05, 4.69) is 5.32 Å². The van der Waals surface area contributed by atoms with E-state index in [4.69, 9.17) is 11.6 Å². The summed E-state index contributed by atoms with van der Waals surface area (Å²) in [4.78, 5) is 27.9. The Morgan fingerprint density at radius 1 is 1.09 bits per heavy atom. The number of aryl methyl sites for hydroxylation is 2. The highest BCUT2D eigenvalue weighted by Crippen LogP contribution is 2.33. The molecule has 0 aliphatic carbocycles. The number of carbonyl (C=O) groups excluding carboxylic acids is 1. The second-order valence-corrected chi connectivity index (χ2v) is 9.02. The minimum absolute atomic E-state index is 0.00884. The van der Waals surface area contributed by atoms with Crippen LogP contribution in [0, 0.1) is 19.7 Å². The molecular weight excluding hydrogens is 441 g/mol. The molecule has 0 atom stereocenters. The SMILES string of the molecule is Cc1cccc(Nc2c(C(=O)N3CCC(c4ccc(F)cc4)CC3)cn(C)c(=O)c2Cl)c1C. The maximum Gasteiger partial charge on any atom is 0.271 e. The number of anilines is 2. The second-order valence-electron chi connectivity index (χ2n) is 8.64. The van der Waals surface area contributed by atoms with Gasteiger partial charge in [0.25, 0.3) is 11.5 Å². The van der Waals surface area contributed by atoms with Crippen molar-refractivity contribution in [3.8, 4) is 0 Å². The van der Waals surface area contributed by atoms with Crippen LogP contribution < -0.4 is 10.9 Å². The average Bonchev–Trinajstić information content (AvgIpc) is 2.82. The van der Waals surface area contributed by atoms with Crippen molar-refractivity contribution in [1.29, 1.82) is 0 Å². The lowest BCUT2D eigenvalue weighted by Crippen LogP contribution is -2.39. The molecule has 0 spiro atoms. The van der Waals surface area contributed by atoms with Crippen LogP contribution in [0.2, 0.25) is 5.02 Å². The number of halogens is 2. The molecule has 0 unspecified atom stereocenters. The van der Waals surface area contributed by atoms with Gasteiger partial charge in [-0.3, -0.25) is 9.59 Å². The van der Waals surface area contributed by atoms with E-state index in [0.717, 1.165) is 35.2 Å². The van der Waals surface area contributed by atoms with E-state index >= 15 is 0 Å². The van der Waals surface area contributed by atoms with Crippen molar-refractivity contribution in [2.75, 3.05) is 18.4 Å². The van der Waals surface area contributed by atoms with Gasteiger partial charge in [-0.25, -0.2) is 4.39 Å². The molecule has 1 saturated heterocycles. The molecule has 0 radical (unpaired) electrons. The normalized spacial score (nSPS) is 14.4. The van der Waals surface area contributed by atoms with Gasteiger partial charge < -0.3 is 14.8 Å². The van der Waals surface area contributed by atoms with Gasteiger partial charge in [-0.1, -0.05) is 35.9 Å². The smallest absolute Gasteiger partial charge is 0.271 e. The summed E-state index contributed by atoms with van der Waals surface area (Å²) in [5.41, 5.74) is 4.34. The molecule has 2 aromatic carbocycles. The van der Waals surface area contributed by atoms with Crippen molar-refractivity contribution in [2.45, 2.75) is 32.6 Å². The first-order valence-corrected chi connectivity index (χ1v) is 11.4. The standard InChI is InChI=1S/C26H27ClFN3O2/c1-16-5-4-6-22(17(16)2)29-24-21(15-30(3)26(33)23(24)27)25(32)31-13-11-19(12-14-31)18-7-9-20(28)10-8-18/h4-10,15,19,29H,11-14H2,1-3H3. The summed E-state index contributed by atoms with van der Waals surface area (Å²) in [6, 6.07) is 12.4. The zero-order valence-electron chi connectivity index (χ0n) is 19.0. The fourth-order valence-electron chi connectivity index (χ4n) is 4.32. The molecule has 33 heavy (non-hydrogen) atoms. The Morgan fingerprint density at radius 2 is 1.76 bits per heavy atom. The predicted molar refractivity (Wildman–Crippen MR) is 130 cm³/mol. The van der Waals surface area contributed by atoms with E-state index in [1.165, 1.54) is 16.7 Å². The lowest BCUT2D eigenvalue weighted by Gasteiger charge is -2.33. The van der Waals surface area contributed by atoms with Crippen LogP contribution in [-0.4, -0.2) is 28.5 Å². The van der Waals surface area contributed by atoms with Crippen LogP contribution in [0.25, 0.3) is 0 Å². The largest absolute Gasteiger partial charge is 0.353 e. The van der Waals surface area contributed by atoms with Crippen molar-refractivity contribution < 1.29 is 9.18 Å². The summed E-state index contributed by atoms with van der Waals surface area (Å²) in [5, 5.41) is 3.24. The molecule has 1 aromatic heterocycles. The zero-order chi connectivity index (χ0) is 23.7. The van der Waals surface area contributed by atoms with Crippen LogP contribution in [0.1, 0.15) is 45.8 Å². The molecule has 0 saturated carbocycles. The number of likely N-dealkylation sites (tertiary alicyclic amines) is 1. The van der Waals surface area contributed by atoms with Crippen molar-refractivity contribution in [2.24, 2.45) is 7.05 Å². The van der Waals surface area contributed by atoms with Crippen LogP contribution in [0.4, 0.5) is 15.8 Å². The minimum atomic E-state index is -0.365. The van der Waals surface area contributed by atoms with Gasteiger partial charge in [-0.2, -0.15) is 0 Å². The first kappa shape index (κ1) is 23.1. The summed E-state index contributed by atoms with van der Waals surface area (Å²) < 4.78 is 14.6. The molecule has 1 fully saturated rings. The molecule has 4 rings (SSSR count). The quantitative estimate of drug-likeness (QED) is 0.546. The molecule has 1 amide bonds. The molecule has 5 nitrogen and oxygen atoms in total. The fraction of sp³-hybridized carbons (Fsp3) is 0.308. The van der Waals surface area contributed by atoms with E-state index in [9.17, 15) is 14.0 Å². The van der Waals surface area contributed by atoms with Crippen molar-refractivity contribution in [3.63, 3.8) is 0 Å². The molecule has 2 heterocycles. The Bertz CT molecular complexity index is 1250. The topological polar surface area (TPSA) is 54.3 Å². The second kappa shape index (κ2) is 9.40. The Hall–Kier alpha value is -3.12. The zero-order valence-corrected chi connectivity index (χ0v) is 19.7. The van der Waals surface area contributed by atoms with Crippen LogP contribution in [-0.2, 0) is 7.05 Å². The number of aromatic nitrogens is 1. The average molecular weight is 468 g/mol. The molecule has 3 aromatic rings. The lowest BCUT2D eigenvalue weighted by atomic mass is 9.89. The van der Waals surface area contributed by atoms with E-state index in [-0.39, 0.29) is 28.2 Å². The number of benzene rings is 2. The Balaban J connectivity index is 1.60. The minimum Gasteiger partial charge on any atom is -0.353 e. The number of nitrogens with one attached hydrogen (secondary N) is 1. The Kier molecular flexibility index (Phi) is 6.56. The van der Waals surface area contributed by atoms with Crippen molar-refractivity contribution >= 4 is 28.9 Å². The summed E-state index contributed by atoms with van der Waals surface area (Å²) in [5.74, 6) is -0.134. The third-order valence-corrected chi connectivity index (χ3v) is 6.89. The van der Waals surface area contributed by atoms with Gasteiger partial charge in [-0.05, 0) is 67.5 Å². The predicted octanol–water partition coefficient (Wildman–Crippen LogP) is 5.56. The van der Waals surface area contributed by atoms with E-state index in [1.54, 1.807) is 18.1 Å². The number of pyridine rings is 1. The van der Waals surface area contributed by atoms with Gasteiger partial charge in [0.15, 0.2) is 0 Å². The number of carbonyl (C=O) groups is 1. The highest BCUT2D eigenvalue weighted by atomic mass is 35.5. The highest BCUT2D eigenvalue weighted by Gasteiger charge is 2.28. The van der Waals surface area contributed by atoms with Gasteiger partial charge in [0.1, 0.15) is 10.8 Å². The number of amides is 1. The number of rotatable bonds is 4. The van der Waals surface area contributed by atoms with Gasteiger partial charge in [-0.15, -0.1) is 0 Å². The number of piperidine rings is 1. The number of hydrogen-bond donors (Lipinski definition) is 1. The summed E-state index contributed by atoms with van der Waals surface area (Å²) >= 11 is 6.45. The van der Waals surface area contributed by atoms with E-state index < -0.39 is 0 Å². The monoisotopic (exact) mass is 467 g/mol. The molecule has 1 aliphatic heterocycles. The van der Waals surface area contributed by atoms with Gasteiger partial charge in [0, 0.05) is 32.0 Å². The van der Waals surface area contributed by atoms with Gasteiger partial charge in [0.2, 0.25) is 0 Å². The third kappa shape index (κ3) is 4.67. The first-order valence-electron chi connectivity index (χ1n) is 11.0. The van der Waals surface area contributed by atoms with Crippen molar-refractivity contribution in [1.82, 2.24) is 9.47 Å². The molecule has 172 valence electrons. The van der Waals surface area contributed by atoms with Crippen LogP contribution in [0.5, 0.6) is 0 Å². The summed E-state index contributed by atoms with van der Waals surface area (Å²) in [6.45, 7) is 5.13. The fourth-order valence-corrected chi connectivity index (χ4v) is 4.61. The Morgan fingerprint density at radius 3 is 2.42 bits per heavy atom. The van der Waals surface area contributed by atoms with Crippen LogP contribution in [0.15, 0.2) is 53.5 Å². The Labute approximate surface area is 197 Å². The third-order valence-electron chi connectivity index (χ3n) is 6.54. The molecule has 1 aliphatic rings. The number of nitrogens with zero attached hydrogens (tertiary/aromatic N) is 2. The lowest BCUT2D eigenvalue weighted by molar-refractivity contribution is 0.0713. The maximum atomic E-state index is 13.5. The maximum absolute atomic E-state index is 13.5. The van der Waals surface area contributed by atoms with Gasteiger partial charge in [0.05, 0.1) is 11.3 Å². The molecular formula is C26H27ClFN3O2. The van der Waals surface area contributed by atoms with Crippen LogP contribution in [0.3, 0.4) is 0 Å². The van der Waals surface area contributed by atoms with Gasteiger partial charge >= 0.3 is 0 Å². The molecule has 1 N–H and O–H groups in total. The van der Waals surface area contributed by atoms with E-state index in [1.807, 2.05) is 44.2 Å². The number of hydrogen-bond acceptors (Lipinski definition) is 3. The highest BCUT2D eigenvalue weighted by molar-refractivity contribution is 6.34. The van der Waals surface area contributed by atoms with Crippen molar-refractivity contribution in [3.05, 3.63) is 92.1 Å². The molecule has 7 heteroatoms. The summed E-state index contributed by atoms with van der Waals surface area (Å²) in [6.07, 6.45) is 3.13. The van der Waals surface area contributed by atoms with Crippen LogP contribution >= 0.6 is 11.6 Å². The molecule has 0 bridgehead atoms.